The molecule has 0 atom stereocenters. The number of nitrogens with one attached hydrogen (secondary N) is 1. The molecule has 1 aliphatic heterocycles. The van der Waals surface area contributed by atoms with Gasteiger partial charge >= 0.3 is 0 Å². The number of amides is 2. The standard InChI is InChI=1S/C33H36N2O3S/c1-24-12-14-26(15-13-24)23-35-29-10-5-6-11-30(29)38-31(33(35)37)22-25-16-18-27(19-17-25)32(36)34-20-7-21-39-28-8-3-2-4-9-28/h5-6,10-19,22,28H,2-4,7-9,20-21,23H2,1H3,(H,34,36). The number of carbonyl (C=O) groups is 2. The van der Waals surface area contributed by atoms with Crippen LogP contribution in [0.5, 0.6) is 5.75 Å². The van der Waals surface area contributed by atoms with Gasteiger partial charge in [-0.3, -0.25) is 14.5 Å². The second-order valence-electron chi connectivity index (χ2n) is 10.3. The Morgan fingerprint density at radius 3 is 2.51 bits per heavy atom. The summed E-state index contributed by atoms with van der Waals surface area (Å²) in [6, 6.07) is 23.1. The number of hydrogen-bond acceptors (Lipinski definition) is 4. The van der Waals surface area contributed by atoms with Crippen molar-refractivity contribution in [2.24, 2.45) is 0 Å². The molecule has 1 N–H and O–H groups in total. The summed E-state index contributed by atoms with van der Waals surface area (Å²) in [5, 5.41) is 3.84. The van der Waals surface area contributed by atoms with E-state index in [4.69, 9.17) is 4.74 Å². The maximum absolute atomic E-state index is 13.5. The summed E-state index contributed by atoms with van der Waals surface area (Å²) in [4.78, 5) is 27.9. The lowest BCUT2D eigenvalue weighted by molar-refractivity contribution is -0.117. The minimum absolute atomic E-state index is 0.0694. The molecular formula is C33H36N2O3S. The Kier molecular flexibility index (Phi) is 9.04. The van der Waals surface area contributed by atoms with E-state index in [9.17, 15) is 9.59 Å². The van der Waals surface area contributed by atoms with Crippen molar-refractivity contribution in [3.8, 4) is 5.75 Å². The fourth-order valence-electron chi connectivity index (χ4n) is 5.04. The zero-order valence-electron chi connectivity index (χ0n) is 22.5. The molecule has 1 heterocycles. The first-order valence-corrected chi connectivity index (χ1v) is 15.0. The first kappa shape index (κ1) is 27.1. The van der Waals surface area contributed by atoms with Crippen molar-refractivity contribution in [3.05, 3.63) is 101 Å². The van der Waals surface area contributed by atoms with Gasteiger partial charge in [-0.15, -0.1) is 0 Å². The van der Waals surface area contributed by atoms with Gasteiger partial charge in [0.25, 0.3) is 11.8 Å². The predicted octanol–water partition coefficient (Wildman–Crippen LogP) is 7.15. The molecule has 0 spiro atoms. The van der Waals surface area contributed by atoms with E-state index in [1.165, 1.54) is 37.7 Å². The summed E-state index contributed by atoms with van der Waals surface area (Å²) in [6.07, 6.45) is 9.51. The van der Waals surface area contributed by atoms with E-state index in [2.05, 4.69) is 29.2 Å². The Bertz CT molecular complexity index is 1310. The van der Waals surface area contributed by atoms with Crippen LogP contribution in [0.1, 0.15) is 65.6 Å². The molecule has 0 unspecified atom stereocenters. The molecule has 202 valence electrons. The summed E-state index contributed by atoms with van der Waals surface area (Å²) in [7, 11) is 0. The lowest BCUT2D eigenvalue weighted by Gasteiger charge is -2.30. The van der Waals surface area contributed by atoms with Crippen LogP contribution in [0, 0.1) is 6.92 Å². The summed E-state index contributed by atoms with van der Waals surface area (Å²) in [5.74, 6) is 1.74. The van der Waals surface area contributed by atoms with Gasteiger partial charge in [-0.2, -0.15) is 11.8 Å². The molecule has 2 amide bonds. The van der Waals surface area contributed by atoms with Crippen molar-refractivity contribution in [1.29, 1.82) is 0 Å². The Morgan fingerprint density at radius 2 is 1.74 bits per heavy atom. The fourth-order valence-corrected chi connectivity index (χ4v) is 6.35. The number of para-hydroxylation sites is 2. The third kappa shape index (κ3) is 7.12. The third-order valence-electron chi connectivity index (χ3n) is 7.28. The van der Waals surface area contributed by atoms with E-state index in [-0.39, 0.29) is 17.6 Å². The first-order chi connectivity index (χ1) is 19.1. The fraction of sp³-hybridized carbons (Fsp3) is 0.333. The average Bonchev–Trinajstić information content (AvgIpc) is 2.97. The Labute approximate surface area is 235 Å². The van der Waals surface area contributed by atoms with Crippen molar-refractivity contribution in [3.63, 3.8) is 0 Å². The molecule has 1 aliphatic carbocycles. The Hall–Kier alpha value is -3.51. The minimum atomic E-state index is -0.192. The average molecular weight is 541 g/mol. The van der Waals surface area contributed by atoms with Crippen LogP contribution in [-0.2, 0) is 11.3 Å². The molecule has 0 bridgehead atoms. The molecule has 6 heteroatoms. The molecule has 1 saturated carbocycles. The molecule has 0 aromatic heterocycles. The van der Waals surface area contributed by atoms with Gasteiger partial charge in [0.15, 0.2) is 11.5 Å². The van der Waals surface area contributed by atoms with E-state index in [1.807, 2.05) is 55.5 Å². The normalized spacial score (nSPS) is 16.6. The molecule has 1 fully saturated rings. The largest absolute Gasteiger partial charge is 0.449 e. The van der Waals surface area contributed by atoms with Gasteiger partial charge in [0.2, 0.25) is 0 Å². The molecule has 39 heavy (non-hydrogen) atoms. The topological polar surface area (TPSA) is 58.6 Å². The van der Waals surface area contributed by atoms with Crippen LogP contribution < -0.4 is 15.0 Å². The second kappa shape index (κ2) is 13.0. The lowest BCUT2D eigenvalue weighted by atomic mass is 10.0. The Morgan fingerprint density at radius 1 is 1.00 bits per heavy atom. The highest BCUT2D eigenvalue weighted by Gasteiger charge is 2.30. The highest BCUT2D eigenvalue weighted by atomic mass is 32.2. The molecular weight excluding hydrogens is 504 g/mol. The highest BCUT2D eigenvalue weighted by molar-refractivity contribution is 7.99. The molecule has 0 saturated heterocycles. The van der Waals surface area contributed by atoms with E-state index in [0.717, 1.165) is 34.2 Å². The van der Waals surface area contributed by atoms with Crippen molar-refractivity contribution in [2.45, 2.75) is 57.2 Å². The van der Waals surface area contributed by atoms with Gasteiger partial charge in [0, 0.05) is 17.4 Å². The second-order valence-corrected chi connectivity index (χ2v) is 11.7. The van der Waals surface area contributed by atoms with Crippen LogP contribution in [0.2, 0.25) is 0 Å². The zero-order chi connectivity index (χ0) is 27.0. The Balaban J connectivity index is 1.20. The summed E-state index contributed by atoms with van der Waals surface area (Å²) >= 11 is 2.06. The van der Waals surface area contributed by atoms with Crippen LogP contribution in [0.4, 0.5) is 5.69 Å². The SMILES string of the molecule is Cc1ccc(CN2C(=O)C(=Cc3ccc(C(=O)NCCCSC4CCCCC4)cc3)Oc3ccccc32)cc1. The van der Waals surface area contributed by atoms with Crippen LogP contribution in [-0.4, -0.2) is 29.4 Å². The summed E-state index contributed by atoms with van der Waals surface area (Å²) < 4.78 is 6.02. The first-order valence-electron chi connectivity index (χ1n) is 13.9. The number of benzene rings is 3. The van der Waals surface area contributed by atoms with E-state index >= 15 is 0 Å². The molecule has 0 radical (unpaired) electrons. The van der Waals surface area contributed by atoms with Crippen molar-refractivity contribution < 1.29 is 14.3 Å². The van der Waals surface area contributed by atoms with Gasteiger partial charge in [-0.05, 0) is 73.4 Å². The maximum atomic E-state index is 13.5. The quantitative estimate of drug-likeness (QED) is 0.231. The van der Waals surface area contributed by atoms with E-state index < -0.39 is 0 Å². The predicted molar refractivity (Wildman–Crippen MR) is 160 cm³/mol. The number of carbonyl (C=O) groups excluding carboxylic acids is 2. The molecule has 3 aromatic rings. The van der Waals surface area contributed by atoms with E-state index in [0.29, 0.717) is 24.4 Å². The van der Waals surface area contributed by atoms with Crippen LogP contribution in [0.25, 0.3) is 6.08 Å². The monoisotopic (exact) mass is 540 g/mol. The van der Waals surface area contributed by atoms with E-state index in [1.54, 1.807) is 23.1 Å². The van der Waals surface area contributed by atoms with Gasteiger partial charge in [-0.25, -0.2) is 0 Å². The molecule has 2 aliphatic rings. The summed E-state index contributed by atoms with van der Waals surface area (Å²) in [6.45, 7) is 3.19. The molecule has 5 nitrogen and oxygen atoms in total. The van der Waals surface area contributed by atoms with Crippen molar-refractivity contribution >= 4 is 35.3 Å². The molecule has 3 aromatic carbocycles. The van der Waals surface area contributed by atoms with Crippen molar-refractivity contribution in [2.75, 3.05) is 17.2 Å². The number of rotatable bonds is 9. The summed E-state index contributed by atoms with van der Waals surface area (Å²) in [5.41, 5.74) is 4.39. The van der Waals surface area contributed by atoms with Crippen molar-refractivity contribution in [1.82, 2.24) is 5.32 Å². The number of ether oxygens (including phenoxy) is 1. The number of fused-ring (bicyclic) bond motifs is 1. The zero-order valence-corrected chi connectivity index (χ0v) is 23.3. The minimum Gasteiger partial charge on any atom is -0.449 e. The number of nitrogens with zero attached hydrogens (tertiary/aromatic N) is 1. The van der Waals surface area contributed by atoms with Crippen LogP contribution >= 0.6 is 11.8 Å². The molecule has 5 rings (SSSR count). The third-order valence-corrected chi connectivity index (χ3v) is 8.74. The number of hydrogen-bond donors (Lipinski definition) is 1. The van der Waals surface area contributed by atoms with Gasteiger partial charge in [-0.1, -0.05) is 73.4 Å². The van der Waals surface area contributed by atoms with Crippen LogP contribution in [0.3, 0.4) is 0 Å². The highest BCUT2D eigenvalue weighted by Crippen LogP contribution is 2.36. The van der Waals surface area contributed by atoms with Gasteiger partial charge in [0.05, 0.1) is 12.2 Å². The van der Waals surface area contributed by atoms with Crippen LogP contribution in [0.15, 0.2) is 78.6 Å². The number of aryl methyl sites for hydroxylation is 1. The lowest BCUT2D eigenvalue weighted by Crippen LogP contribution is -2.36. The number of anilines is 1. The van der Waals surface area contributed by atoms with Gasteiger partial charge < -0.3 is 10.1 Å². The smallest absolute Gasteiger partial charge is 0.294 e. The number of thioether (sulfide) groups is 1. The van der Waals surface area contributed by atoms with Gasteiger partial charge in [0.1, 0.15) is 0 Å². The maximum Gasteiger partial charge on any atom is 0.294 e.